The Kier molecular flexibility index (Phi) is 5.40. The van der Waals surface area contributed by atoms with Crippen molar-refractivity contribution in [2.75, 3.05) is 31.1 Å². The van der Waals surface area contributed by atoms with Crippen LogP contribution >= 0.6 is 0 Å². The molecular weight excluding hydrogens is 410 g/mol. The van der Waals surface area contributed by atoms with Gasteiger partial charge in [0.05, 0.1) is 22.7 Å². The molecule has 0 saturated carbocycles. The van der Waals surface area contributed by atoms with E-state index in [1.807, 2.05) is 12.1 Å². The highest BCUT2D eigenvalue weighted by atomic mass is 19.1. The lowest BCUT2D eigenvalue weighted by molar-refractivity contribution is 0.205. The Hall–Kier alpha value is -3.24. The second-order valence-corrected chi connectivity index (χ2v) is 8.73. The van der Waals surface area contributed by atoms with E-state index >= 15 is 0 Å². The first-order chi connectivity index (χ1) is 15.5. The molecule has 0 aliphatic carbocycles. The number of H-pyrrole nitrogens is 1. The van der Waals surface area contributed by atoms with Crippen LogP contribution in [-0.2, 0) is 0 Å². The first-order valence-electron chi connectivity index (χ1n) is 11.0. The molecule has 2 fully saturated rings. The van der Waals surface area contributed by atoms with E-state index in [1.54, 1.807) is 24.3 Å². The maximum atomic E-state index is 14.4. The topological polar surface area (TPSA) is 63.1 Å². The number of nitriles is 1. The summed E-state index contributed by atoms with van der Waals surface area (Å²) in [6.45, 7) is 3.33. The molecule has 0 radical (unpaired) electrons. The number of anilines is 1. The summed E-state index contributed by atoms with van der Waals surface area (Å²) in [6, 6.07) is 13.7. The van der Waals surface area contributed by atoms with Gasteiger partial charge in [0.25, 0.3) is 5.56 Å². The van der Waals surface area contributed by atoms with Crippen LogP contribution in [-0.4, -0.2) is 42.1 Å². The predicted octanol–water partition coefficient (Wildman–Crippen LogP) is 4.14. The van der Waals surface area contributed by atoms with Gasteiger partial charge in [-0.05, 0) is 61.5 Å². The first kappa shape index (κ1) is 20.7. The van der Waals surface area contributed by atoms with Crippen LogP contribution in [0.5, 0.6) is 0 Å². The van der Waals surface area contributed by atoms with Gasteiger partial charge in [0.15, 0.2) is 0 Å². The number of aromatic amines is 1. The molecule has 1 aromatic heterocycles. The third-order valence-corrected chi connectivity index (χ3v) is 6.90. The van der Waals surface area contributed by atoms with Crippen molar-refractivity contribution in [3.63, 3.8) is 0 Å². The Morgan fingerprint density at radius 3 is 2.56 bits per heavy atom. The molecule has 1 N–H and O–H groups in total. The van der Waals surface area contributed by atoms with E-state index in [0.29, 0.717) is 22.7 Å². The van der Waals surface area contributed by atoms with Gasteiger partial charge in [-0.1, -0.05) is 12.1 Å². The number of hydrogen-bond donors (Lipinski definition) is 1. The average molecular weight is 434 g/mol. The van der Waals surface area contributed by atoms with Gasteiger partial charge < -0.3 is 9.88 Å². The standard InChI is InChI=1S/C25H24F2N4O/c26-20-3-1-2-17-13-22(29-25(32)24(17)20)18-6-9-31(15-18)19-7-10-30(11-8-19)23-5-4-16(14-28)12-21(23)27/h1-5,12-13,18-19H,6-11,15H2,(H,29,32). The van der Waals surface area contributed by atoms with Crippen molar-refractivity contribution in [1.82, 2.24) is 9.88 Å². The highest BCUT2D eigenvalue weighted by Gasteiger charge is 2.32. The van der Waals surface area contributed by atoms with Crippen molar-refractivity contribution in [2.45, 2.75) is 31.2 Å². The van der Waals surface area contributed by atoms with Crippen LogP contribution in [0.2, 0.25) is 0 Å². The summed E-state index contributed by atoms with van der Waals surface area (Å²) in [7, 11) is 0. The quantitative estimate of drug-likeness (QED) is 0.673. The molecular formula is C25H24F2N4O. The maximum Gasteiger partial charge on any atom is 0.259 e. The van der Waals surface area contributed by atoms with Gasteiger partial charge in [-0.25, -0.2) is 8.78 Å². The molecule has 7 heteroatoms. The van der Waals surface area contributed by atoms with Gasteiger partial charge in [0, 0.05) is 37.3 Å². The zero-order valence-corrected chi connectivity index (χ0v) is 17.7. The number of halogens is 2. The van der Waals surface area contributed by atoms with E-state index in [9.17, 15) is 13.6 Å². The second kappa shape index (κ2) is 8.36. The summed E-state index contributed by atoms with van der Waals surface area (Å²) in [5.74, 6) is -0.626. The number of benzene rings is 2. The summed E-state index contributed by atoms with van der Waals surface area (Å²) >= 11 is 0. The summed E-state index contributed by atoms with van der Waals surface area (Å²) in [5, 5.41) is 9.69. The minimum Gasteiger partial charge on any atom is -0.369 e. The van der Waals surface area contributed by atoms with E-state index < -0.39 is 5.82 Å². The lowest BCUT2D eigenvalue weighted by atomic mass is 10.0. The van der Waals surface area contributed by atoms with Crippen molar-refractivity contribution < 1.29 is 8.78 Å². The third-order valence-electron chi connectivity index (χ3n) is 6.90. The Morgan fingerprint density at radius 2 is 1.81 bits per heavy atom. The molecule has 1 atom stereocenters. The van der Waals surface area contributed by atoms with Gasteiger partial charge in [0.2, 0.25) is 0 Å². The molecule has 0 amide bonds. The number of rotatable bonds is 3. The van der Waals surface area contributed by atoms with E-state index in [4.69, 9.17) is 5.26 Å². The average Bonchev–Trinajstić information content (AvgIpc) is 3.29. The van der Waals surface area contributed by atoms with Crippen LogP contribution in [0.4, 0.5) is 14.5 Å². The normalized spacial score (nSPS) is 20.0. The van der Waals surface area contributed by atoms with Crippen molar-refractivity contribution in [3.05, 3.63) is 75.7 Å². The van der Waals surface area contributed by atoms with Gasteiger partial charge in [-0.2, -0.15) is 5.26 Å². The van der Waals surface area contributed by atoms with E-state index in [1.165, 1.54) is 12.1 Å². The molecule has 2 aromatic carbocycles. The van der Waals surface area contributed by atoms with Gasteiger partial charge in [0.1, 0.15) is 11.6 Å². The van der Waals surface area contributed by atoms with Gasteiger partial charge >= 0.3 is 0 Å². The summed E-state index contributed by atoms with van der Waals surface area (Å²) in [6.07, 6.45) is 2.82. The van der Waals surface area contributed by atoms with Crippen molar-refractivity contribution >= 4 is 16.5 Å². The highest BCUT2D eigenvalue weighted by molar-refractivity contribution is 5.82. The molecule has 2 aliphatic rings. The molecule has 1 unspecified atom stereocenters. The molecule has 164 valence electrons. The van der Waals surface area contributed by atoms with Crippen LogP contribution in [0.3, 0.4) is 0 Å². The molecule has 32 heavy (non-hydrogen) atoms. The fourth-order valence-electron chi connectivity index (χ4n) is 5.20. The first-order valence-corrected chi connectivity index (χ1v) is 11.0. The zero-order chi connectivity index (χ0) is 22.2. The van der Waals surface area contributed by atoms with Gasteiger partial charge in [-0.3, -0.25) is 9.69 Å². The van der Waals surface area contributed by atoms with E-state index in [-0.39, 0.29) is 22.7 Å². The SMILES string of the molecule is N#Cc1ccc(N2CCC(N3CCC(c4cc5cccc(F)c5c(=O)[nH]4)C3)CC2)c(F)c1. The molecule has 5 nitrogen and oxygen atoms in total. The summed E-state index contributed by atoms with van der Waals surface area (Å²) in [5.41, 5.74) is 1.39. The highest BCUT2D eigenvalue weighted by Crippen LogP contribution is 2.32. The van der Waals surface area contributed by atoms with Crippen LogP contribution in [0, 0.1) is 23.0 Å². The largest absolute Gasteiger partial charge is 0.369 e. The lowest BCUT2D eigenvalue weighted by Gasteiger charge is -2.38. The van der Waals surface area contributed by atoms with Crippen LogP contribution < -0.4 is 10.5 Å². The summed E-state index contributed by atoms with van der Waals surface area (Å²) in [4.78, 5) is 19.9. The number of likely N-dealkylation sites (tertiary alicyclic amines) is 1. The fraction of sp³-hybridized carbons (Fsp3) is 0.360. The van der Waals surface area contributed by atoms with Gasteiger partial charge in [-0.15, -0.1) is 0 Å². The minimum atomic E-state index is -0.492. The number of fused-ring (bicyclic) bond motifs is 1. The molecule has 3 heterocycles. The molecule has 5 rings (SSSR count). The second-order valence-electron chi connectivity index (χ2n) is 8.73. The minimum absolute atomic E-state index is 0.119. The van der Waals surface area contributed by atoms with Crippen LogP contribution in [0.15, 0.2) is 47.3 Å². The smallest absolute Gasteiger partial charge is 0.259 e. The van der Waals surface area contributed by atoms with Crippen molar-refractivity contribution in [3.8, 4) is 6.07 Å². The molecule has 0 spiro atoms. The molecule has 2 aliphatic heterocycles. The third kappa shape index (κ3) is 3.76. The lowest BCUT2D eigenvalue weighted by Crippen LogP contribution is -2.44. The maximum absolute atomic E-state index is 14.4. The predicted molar refractivity (Wildman–Crippen MR) is 120 cm³/mol. The Bertz CT molecular complexity index is 1260. The molecule has 3 aromatic rings. The van der Waals surface area contributed by atoms with Crippen LogP contribution in [0.25, 0.3) is 10.8 Å². The number of hydrogen-bond acceptors (Lipinski definition) is 4. The number of pyridine rings is 1. The Morgan fingerprint density at radius 1 is 1.00 bits per heavy atom. The number of aromatic nitrogens is 1. The number of nitrogens with one attached hydrogen (secondary N) is 1. The zero-order valence-electron chi connectivity index (χ0n) is 17.7. The monoisotopic (exact) mass is 434 g/mol. The Balaban J connectivity index is 1.25. The number of nitrogens with zero attached hydrogens (tertiary/aromatic N) is 3. The van der Waals surface area contributed by atoms with Crippen molar-refractivity contribution in [2.24, 2.45) is 0 Å². The Labute approximate surface area is 184 Å². The van der Waals surface area contributed by atoms with Crippen LogP contribution in [0.1, 0.15) is 36.4 Å². The van der Waals surface area contributed by atoms with E-state index in [2.05, 4.69) is 14.8 Å². The van der Waals surface area contributed by atoms with Crippen molar-refractivity contribution in [1.29, 1.82) is 5.26 Å². The molecule has 0 bridgehead atoms. The number of piperidine rings is 1. The summed E-state index contributed by atoms with van der Waals surface area (Å²) < 4.78 is 28.4. The van der Waals surface area contributed by atoms with E-state index in [0.717, 1.165) is 51.1 Å². The molecule has 2 saturated heterocycles. The fourth-order valence-corrected chi connectivity index (χ4v) is 5.20.